The molecule has 0 saturated heterocycles. The van der Waals surface area contributed by atoms with Crippen LogP contribution in [0.2, 0.25) is 0 Å². The second-order valence-corrected chi connectivity index (χ2v) is 6.18. The number of benzene rings is 1. The average Bonchev–Trinajstić information content (AvgIpc) is 3.09. The molecule has 0 bridgehead atoms. The highest BCUT2D eigenvalue weighted by Crippen LogP contribution is 2.26. The number of phenolic OH excluding ortho intramolecular Hbond substituents is 1. The highest BCUT2D eigenvalue weighted by atomic mass is 32.1. The van der Waals surface area contributed by atoms with E-state index in [1.807, 2.05) is 6.07 Å². The fourth-order valence-corrected chi connectivity index (χ4v) is 3.08. The summed E-state index contributed by atoms with van der Waals surface area (Å²) in [7, 11) is 0. The Hall–Kier alpha value is -2.38. The fourth-order valence-electron chi connectivity index (χ4n) is 1.90. The average molecular weight is 332 g/mol. The zero-order valence-electron chi connectivity index (χ0n) is 11.3. The molecular formula is C15H12N2O3S2. The van der Waals surface area contributed by atoms with E-state index in [1.54, 1.807) is 35.1 Å². The van der Waals surface area contributed by atoms with Gasteiger partial charge >= 0.3 is 0 Å². The molecule has 2 aromatic heterocycles. The largest absolute Gasteiger partial charge is 0.508 e. The molecule has 3 aromatic rings. The monoisotopic (exact) mass is 332 g/mol. The standard InChI is InChI=1S/C15H12N2O3S2/c18-11-4-1-3-10(7-11)16-8-13-14(19)17(15(21)22-13)9-12-5-2-6-20-12/h1-8,18-19H,9H2. The van der Waals surface area contributed by atoms with E-state index in [2.05, 4.69) is 4.99 Å². The van der Waals surface area contributed by atoms with Gasteiger partial charge in [0.1, 0.15) is 16.4 Å². The van der Waals surface area contributed by atoms with Crippen LogP contribution in [0.1, 0.15) is 10.6 Å². The summed E-state index contributed by atoms with van der Waals surface area (Å²) in [4.78, 5) is 4.79. The molecule has 3 rings (SSSR count). The molecule has 0 radical (unpaired) electrons. The predicted molar refractivity (Wildman–Crippen MR) is 88.0 cm³/mol. The van der Waals surface area contributed by atoms with Gasteiger partial charge in [-0.05, 0) is 36.5 Å². The van der Waals surface area contributed by atoms with E-state index < -0.39 is 0 Å². The smallest absolute Gasteiger partial charge is 0.212 e. The van der Waals surface area contributed by atoms with Gasteiger partial charge in [0.05, 0.1) is 24.7 Å². The van der Waals surface area contributed by atoms with Crippen LogP contribution in [0, 0.1) is 3.95 Å². The highest BCUT2D eigenvalue weighted by Gasteiger charge is 2.11. The molecule has 112 valence electrons. The second kappa shape index (κ2) is 6.17. The fraction of sp³-hybridized carbons (Fsp3) is 0.0667. The number of aromatic nitrogens is 1. The molecule has 0 spiro atoms. The van der Waals surface area contributed by atoms with Crippen molar-refractivity contribution in [2.45, 2.75) is 6.54 Å². The van der Waals surface area contributed by atoms with Crippen molar-refractivity contribution in [2.75, 3.05) is 0 Å². The van der Waals surface area contributed by atoms with Crippen molar-refractivity contribution in [3.8, 4) is 11.6 Å². The molecule has 0 atom stereocenters. The number of hydrogen-bond acceptors (Lipinski definition) is 6. The van der Waals surface area contributed by atoms with Gasteiger partial charge in [-0.3, -0.25) is 9.56 Å². The molecule has 22 heavy (non-hydrogen) atoms. The maximum atomic E-state index is 10.3. The Labute approximate surface area is 135 Å². The molecule has 0 saturated carbocycles. The van der Waals surface area contributed by atoms with Gasteiger partial charge in [0.25, 0.3) is 0 Å². The summed E-state index contributed by atoms with van der Waals surface area (Å²) < 4.78 is 7.38. The minimum absolute atomic E-state index is 0.0512. The summed E-state index contributed by atoms with van der Waals surface area (Å²) in [6, 6.07) is 10.2. The van der Waals surface area contributed by atoms with Gasteiger partial charge in [-0.15, -0.1) is 0 Å². The SMILES string of the molecule is Oc1cccc(N=Cc2sc(=S)n(Cc3ccco3)c2O)c1. The molecule has 0 aliphatic rings. The van der Waals surface area contributed by atoms with Crippen LogP contribution in [0.15, 0.2) is 52.1 Å². The summed E-state index contributed by atoms with van der Waals surface area (Å²) in [5.41, 5.74) is 0.594. The van der Waals surface area contributed by atoms with Crippen LogP contribution in [0.5, 0.6) is 11.6 Å². The van der Waals surface area contributed by atoms with E-state index in [0.717, 1.165) is 0 Å². The van der Waals surface area contributed by atoms with E-state index >= 15 is 0 Å². The van der Waals surface area contributed by atoms with E-state index in [0.29, 0.717) is 26.8 Å². The number of hydrogen-bond donors (Lipinski definition) is 2. The molecule has 1 aromatic carbocycles. The molecular weight excluding hydrogens is 320 g/mol. The van der Waals surface area contributed by atoms with Crippen molar-refractivity contribution in [2.24, 2.45) is 4.99 Å². The number of nitrogens with zero attached hydrogens (tertiary/aromatic N) is 2. The zero-order chi connectivity index (χ0) is 15.5. The van der Waals surface area contributed by atoms with Crippen LogP contribution in [0.3, 0.4) is 0 Å². The first kappa shape index (κ1) is 14.6. The lowest BCUT2D eigenvalue weighted by Gasteiger charge is -2.01. The summed E-state index contributed by atoms with van der Waals surface area (Å²) in [5.74, 6) is 0.901. The lowest BCUT2D eigenvalue weighted by molar-refractivity contribution is 0.407. The molecule has 0 fully saturated rings. The van der Waals surface area contributed by atoms with E-state index in [1.165, 1.54) is 23.6 Å². The normalized spacial score (nSPS) is 11.3. The number of phenols is 1. The van der Waals surface area contributed by atoms with Crippen molar-refractivity contribution in [3.05, 3.63) is 57.3 Å². The molecule has 5 nitrogen and oxygen atoms in total. The lowest BCUT2D eigenvalue weighted by atomic mass is 10.3. The summed E-state index contributed by atoms with van der Waals surface area (Å²) in [6.07, 6.45) is 3.11. The minimum atomic E-state index is 0.0512. The Morgan fingerprint density at radius 3 is 2.86 bits per heavy atom. The Balaban J connectivity index is 1.88. The van der Waals surface area contributed by atoms with Crippen molar-refractivity contribution in [3.63, 3.8) is 0 Å². The van der Waals surface area contributed by atoms with Crippen LogP contribution in [0.25, 0.3) is 0 Å². The Morgan fingerprint density at radius 2 is 2.14 bits per heavy atom. The Kier molecular flexibility index (Phi) is 4.08. The number of aliphatic imine (C=N–C) groups is 1. The van der Waals surface area contributed by atoms with Gasteiger partial charge < -0.3 is 14.6 Å². The summed E-state index contributed by atoms with van der Waals surface area (Å²) in [5, 5.41) is 19.7. The molecule has 0 amide bonds. The first-order valence-electron chi connectivity index (χ1n) is 6.41. The van der Waals surface area contributed by atoms with Crippen LogP contribution in [-0.4, -0.2) is 21.0 Å². The minimum Gasteiger partial charge on any atom is -0.508 e. The van der Waals surface area contributed by atoms with Gasteiger partial charge in [-0.2, -0.15) is 0 Å². The van der Waals surface area contributed by atoms with E-state index in [9.17, 15) is 10.2 Å². The third-order valence-electron chi connectivity index (χ3n) is 2.95. The topological polar surface area (TPSA) is 70.9 Å². The molecule has 0 aliphatic carbocycles. The molecule has 2 heterocycles. The zero-order valence-corrected chi connectivity index (χ0v) is 13.0. The number of rotatable bonds is 4. The third kappa shape index (κ3) is 3.10. The van der Waals surface area contributed by atoms with Crippen molar-refractivity contribution >= 4 is 35.5 Å². The molecule has 7 heteroatoms. The van der Waals surface area contributed by atoms with Crippen molar-refractivity contribution in [1.29, 1.82) is 0 Å². The molecule has 0 unspecified atom stereocenters. The number of aromatic hydroxyl groups is 2. The van der Waals surface area contributed by atoms with Crippen LogP contribution in [0.4, 0.5) is 5.69 Å². The van der Waals surface area contributed by atoms with Crippen molar-refractivity contribution < 1.29 is 14.6 Å². The number of furan rings is 1. The predicted octanol–water partition coefficient (Wildman–Crippen LogP) is 4.08. The lowest BCUT2D eigenvalue weighted by Crippen LogP contribution is -1.97. The first-order valence-corrected chi connectivity index (χ1v) is 7.64. The van der Waals surface area contributed by atoms with Gasteiger partial charge in [0.15, 0.2) is 3.95 Å². The van der Waals surface area contributed by atoms with Crippen LogP contribution < -0.4 is 0 Å². The first-order chi connectivity index (χ1) is 10.6. The maximum absolute atomic E-state index is 10.3. The van der Waals surface area contributed by atoms with Crippen LogP contribution in [-0.2, 0) is 6.54 Å². The van der Waals surface area contributed by atoms with Crippen molar-refractivity contribution in [1.82, 2.24) is 4.57 Å². The number of thiazole rings is 1. The van der Waals surface area contributed by atoms with Gasteiger partial charge in [0.2, 0.25) is 5.88 Å². The quantitative estimate of drug-likeness (QED) is 0.558. The van der Waals surface area contributed by atoms with Gasteiger partial charge in [0, 0.05) is 6.07 Å². The van der Waals surface area contributed by atoms with E-state index in [4.69, 9.17) is 16.6 Å². The highest BCUT2D eigenvalue weighted by molar-refractivity contribution is 7.73. The van der Waals surface area contributed by atoms with Gasteiger partial charge in [-0.1, -0.05) is 17.4 Å². The summed E-state index contributed by atoms with van der Waals surface area (Å²) >= 11 is 6.52. The van der Waals surface area contributed by atoms with Gasteiger partial charge in [-0.25, -0.2) is 0 Å². The maximum Gasteiger partial charge on any atom is 0.212 e. The second-order valence-electron chi connectivity index (χ2n) is 4.50. The third-order valence-corrected chi connectivity index (χ3v) is 4.32. The van der Waals surface area contributed by atoms with E-state index in [-0.39, 0.29) is 11.6 Å². The molecule has 2 N–H and O–H groups in total. The Bertz CT molecular complexity index is 863. The van der Waals surface area contributed by atoms with Crippen LogP contribution >= 0.6 is 23.6 Å². The summed E-state index contributed by atoms with van der Waals surface area (Å²) in [6.45, 7) is 0.369. The molecule has 0 aliphatic heterocycles. The Morgan fingerprint density at radius 1 is 1.27 bits per heavy atom.